The second-order valence-electron chi connectivity index (χ2n) is 3.35. The number of rotatable bonds is 3. The van der Waals surface area contributed by atoms with E-state index in [0.29, 0.717) is 6.61 Å². The van der Waals surface area contributed by atoms with E-state index in [0.717, 1.165) is 11.1 Å². The molecule has 0 aliphatic heterocycles. The average Bonchev–Trinajstić information content (AvgIpc) is 2.65. The summed E-state index contributed by atoms with van der Waals surface area (Å²) in [7, 11) is 1.66. The van der Waals surface area contributed by atoms with Gasteiger partial charge in [-0.1, -0.05) is 12.1 Å². The average molecular weight is 190 g/mol. The van der Waals surface area contributed by atoms with E-state index in [1.54, 1.807) is 7.11 Å². The van der Waals surface area contributed by atoms with E-state index in [1.165, 1.54) is 5.39 Å². The lowest BCUT2D eigenvalue weighted by molar-refractivity contribution is 0.181. The Morgan fingerprint density at radius 3 is 3.07 bits per heavy atom. The third-order valence-corrected chi connectivity index (χ3v) is 2.37. The number of aromatic nitrogens is 1. The molecule has 0 unspecified atom stereocenters. The molecule has 0 aliphatic rings. The summed E-state index contributed by atoms with van der Waals surface area (Å²) in [5.41, 5.74) is 8.24. The highest BCUT2D eigenvalue weighted by molar-refractivity contribution is 5.83. The zero-order chi connectivity index (χ0) is 9.97. The number of benzene rings is 1. The topological polar surface area (TPSA) is 51.0 Å². The van der Waals surface area contributed by atoms with Crippen molar-refractivity contribution in [2.75, 3.05) is 13.7 Å². The first-order valence-corrected chi connectivity index (χ1v) is 4.63. The van der Waals surface area contributed by atoms with Gasteiger partial charge in [0.2, 0.25) is 0 Å². The van der Waals surface area contributed by atoms with Crippen LogP contribution in [-0.2, 0) is 4.74 Å². The molecule has 2 aromatic rings. The van der Waals surface area contributed by atoms with Gasteiger partial charge in [0.25, 0.3) is 0 Å². The van der Waals surface area contributed by atoms with Crippen molar-refractivity contribution < 1.29 is 4.74 Å². The minimum absolute atomic E-state index is 0.0560. The van der Waals surface area contributed by atoms with Crippen LogP contribution in [0.3, 0.4) is 0 Å². The van der Waals surface area contributed by atoms with Crippen LogP contribution >= 0.6 is 0 Å². The first-order valence-electron chi connectivity index (χ1n) is 4.63. The smallest absolute Gasteiger partial charge is 0.0655 e. The van der Waals surface area contributed by atoms with Crippen LogP contribution in [0.25, 0.3) is 10.9 Å². The SMILES string of the molecule is COC[C@H](N)c1cccc2[nH]ccc12. The number of aromatic amines is 1. The van der Waals surface area contributed by atoms with E-state index in [-0.39, 0.29) is 6.04 Å². The second-order valence-corrected chi connectivity index (χ2v) is 3.35. The maximum Gasteiger partial charge on any atom is 0.0655 e. The number of fused-ring (bicyclic) bond motifs is 1. The molecule has 0 saturated carbocycles. The molecule has 2 rings (SSSR count). The van der Waals surface area contributed by atoms with Crippen molar-refractivity contribution >= 4 is 10.9 Å². The number of nitrogens with two attached hydrogens (primary N) is 1. The predicted octanol–water partition coefficient (Wildman–Crippen LogP) is 1.81. The minimum Gasteiger partial charge on any atom is -0.383 e. The third kappa shape index (κ3) is 1.52. The van der Waals surface area contributed by atoms with Gasteiger partial charge in [-0.2, -0.15) is 0 Å². The van der Waals surface area contributed by atoms with E-state index >= 15 is 0 Å². The lowest BCUT2D eigenvalue weighted by Gasteiger charge is -2.11. The molecular weight excluding hydrogens is 176 g/mol. The van der Waals surface area contributed by atoms with Crippen molar-refractivity contribution in [1.29, 1.82) is 0 Å². The van der Waals surface area contributed by atoms with Gasteiger partial charge >= 0.3 is 0 Å². The first-order chi connectivity index (χ1) is 6.83. The van der Waals surface area contributed by atoms with Crippen LogP contribution in [-0.4, -0.2) is 18.7 Å². The number of hydrogen-bond donors (Lipinski definition) is 2. The molecule has 0 saturated heterocycles. The molecule has 0 spiro atoms. The summed E-state index contributed by atoms with van der Waals surface area (Å²) in [6.07, 6.45) is 1.92. The lowest BCUT2D eigenvalue weighted by Crippen LogP contribution is -2.16. The monoisotopic (exact) mass is 190 g/mol. The fourth-order valence-corrected chi connectivity index (χ4v) is 1.70. The van der Waals surface area contributed by atoms with Gasteiger partial charge in [0.15, 0.2) is 0 Å². The number of H-pyrrole nitrogens is 1. The van der Waals surface area contributed by atoms with Gasteiger partial charge in [-0.25, -0.2) is 0 Å². The molecular formula is C11H14N2O. The summed E-state index contributed by atoms with van der Waals surface area (Å²) >= 11 is 0. The van der Waals surface area contributed by atoms with Crippen molar-refractivity contribution in [3.63, 3.8) is 0 Å². The van der Waals surface area contributed by atoms with Gasteiger partial charge in [0.1, 0.15) is 0 Å². The maximum absolute atomic E-state index is 5.99. The van der Waals surface area contributed by atoms with E-state index in [4.69, 9.17) is 10.5 Å². The summed E-state index contributed by atoms with van der Waals surface area (Å²) < 4.78 is 5.05. The second kappa shape index (κ2) is 3.82. The number of methoxy groups -OCH3 is 1. The van der Waals surface area contributed by atoms with Crippen molar-refractivity contribution in [2.45, 2.75) is 6.04 Å². The number of hydrogen-bond acceptors (Lipinski definition) is 2. The van der Waals surface area contributed by atoms with E-state index in [2.05, 4.69) is 4.98 Å². The fourth-order valence-electron chi connectivity index (χ4n) is 1.70. The molecule has 1 atom stereocenters. The van der Waals surface area contributed by atoms with E-state index in [9.17, 15) is 0 Å². The molecule has 0 radical (unpaired) electrons. The number of nitrogens with one attached hydrogen (secondary N) is 1. The molecule has 14 heavy (non-hydrogen) atoms. The van der Waals surface area contributed by atoms with Crippen LogP contribution in [0.15, 0.2) is 30.5 Å². The Labute approximate surface area is 82.9 Å². The van der Waals surface area contributed by atoms with Gasteiger partial charge in [0, 0.05) is 24.2 Å². The Morgan fingerprint density at radius 2 is 2.29 bits per heavy atom. The van der Waals surface area contributed by atoms with Gasteiger partial charge in [0.05, 0.1) is 12.6 Å². The fraction of sp³-hybridized carbons (Fsp3) is 0.273. The quantitative estimate of drug-likeness (QED) is 0.775. The molecule has 3 nitrogen and oxygen atoms in total. The lowest BCUT2D eigenvalue weighted by atomic mass is 10.0. The van der Waals surface area contributed by atoms with Gasteiger partial charge in [-0.15, -0.1) is 0 Å². The van der Waals surface area contributed by atoms with Crippen molar-refractivity contribution in [1.82, 2.24) is 4.98 Å². The Bertz CT molecular complexity index is 422. The van der Waals surface area contributed by atoms with Crippen LogP contribution in [0, 0.1) is 0 Å². The normalized spacial score (nSPS) is 13.3. The van der Waals surface area contributed by atoms with Gasteiger partial charge < -0.3 is 15.5 Å². The first kappa shape index (κ1) is 9.24. The van der Waals surface area contributed by atoms with Crippen LogP contribution in [0.5, 0.6) is 0 Å². The standard InChI is InChI=1S/C11H14N2O/c1-14-7-10(12)8-3-2-4-11-9(8)5-6-13-11/h2-6,10,13H,7,12H2,1H3/t10-/m0/s1. The Balaban J connectivity index is 2.45. The molecule has 1 heterocycles. The molecule has 3 heteroatoms. The molecule has 1 aromatic carbocycles. The highest BCUT2D eigenvalue weighted by atomic mass is 16.5. The highest BCUT2D eigenvalue weighted by Gasteiger charge is 2.09. The van der Waals surface area contributed by atoms with E-state index < -0.39 is 0 Å². The zero-order valence-electron chi connectivity index (χ0n) is 8.16. The summed E-state index contributed by atoms with van der Waals surface area (Å²) in [5, 5.41) is 1.18. The highest BCUT2D eigenvalue weighted by Crippen LogP contribution is 2.22. The van der Waals surface area contributed by atoms with Crippen LogP contribution in [0.2, 0.25) is 0 Å². The van der Waals surface area contributed by atoms with Crippen LogP contribution in [0.1, 0.15) is 11.6 Å². The maximum atomic E-state index is 5.99. The molecule has 0 aliphatic carbocycles. The predicted molar refractivity (Wildman–Crippen MR) is 57.1 cm³/mol. The third-order valence-electron chi connectivity index (χ3n) is 2.37. The summed E-state index contributed by atoms with van der Waals surface area (Å²) in [6, 6.07) is 8.07. The molecule has 0 fully saturated rings. The Kier molecular flexibility index (Phi) is 2.52. The number of ether oxygens (including phenoxy) is 1. The summed E-state index contributed by atoms with van der Waals surface area (Å²) in [6.45, 7) is 0.546. The van der Waals surface area contributed by atoms with E-state index in [1.807, 2.05) is 30.5 Å². The van der Waals surface area contributed by atoms with Crippen molar-refractivity contribution in [2.24, 2.45) is 5.73 Å². The summed E-state index contributed by atoms with van der Waals surface area (Å²) in [4.78, 5) is 3.16. The molecule has 1 aromatic heterocycles. The zero-order valence-corrected chi connectivity index (χ0v) is 8.16. The molecule has 3 N–H and O–H groups in total. The largest absolute Gasteiger partial charge is 0.383 e. The Hall–Kier alpha value is -1.32. The van der Waals surface area contributed by atoms with Crippen molar-refractivity contribution in [3.8, 4) is 0 Å². The van der Waals surface area contributed by atoms with Crippen molar-refractivity contribution in [3.05, 3.63) is 36.0 Å². The summed E-state index contributed by atoms with van der Waals surface area (Å²) in [5.74, 6) is 0. The Morgan fingerprint density at radius 1 is 1.43 bits per heavy atom. The molecule has 74 valence electrons. The van der Waals surface area contributed by atoms with Crippen LogP contribution in [0.4, 0.5) is 0 Å². The minimum atomic E-state index is -0.0560. The molecule has 0 amide bonds. The van der Waals surface area contributed by atoms with Gasteiger partial charge in [-0.3, -0.25) is 0 Å². The van der Waals surface area contributed by atoms with Crippen LogP contribution < -0.4 is 5.73 Å². The van der Waals surface area contributed by atoms with Gasteiger partial charge in [-0.05, 0) is 17.7 Å². The molecule has 0 bridgehead atoms.